The van der Waals surface area contributed by atoms with E-state index in [2.05, 4.69) is 4.72 Å². The first-order valence-electron chi connectivity index (χ1n) is 9.59. The van der Waals surface area contributed by atoms with Crippen molar-refractivity contribution in [2.75, 3.05) is 12.3 Å². The average molecular weight is 527 g/mol. The van der Waals surface area contributed by atoms with Gasteiger partial charge in [-0.3, -0.25) is 4.72 Å². The zero-order chi connectivity index (χ0) is 23.1. The molecule has 0 atom stereocenters. The molecule has 0 bridgehead atoms. The third-order valence-corrected chi connectivity index (χ3v) is 7.40. The number of carboxylic acid groups (broad SMARTS) is 1. The third kappa shape index (κ3) is 7.54. The van der Waals surface area contributed by atoms with Crippen LogP contribution in [0.15, 0.2) is 69.3 Å². The molecule has 0 unspecified atom stereocenters. The number of rotatable bonds is 10. The number of thioether (sulfide) groups is 1. The van der Waals surface area contributed by atoms with Crippen molar-refractivity contribution in [3.63, 3.8) is 0 Å². The molecule has 0 aliphatic heterocycles. The summed E-state index contributed by atoms with van der Waals surface area (Å²) in [5.74, 6) is 0.721. The first-order chi connectivity index (χ1) is 15.3. The number of hydrogen-bond acceptors (Lipinski definition) is 6. The first kappa shape index (κ1) is 25.1. The van der Waals surface area contributed by atoms with Gasteiger partial charge in [-0.05, 0) is 91.5 Å². The molecule has 0 fully saturated rings. The van der Waals surface area contributed by atoms with Crippen molar-refractivity contribution in [3.05, 3.63) is 81.3 Å². The largest absolute Gasteiger partial charge is 0.478 e. The number of carbonyl (C=O) groups is 1. The topological polar surface area (TPSA) is 58.6 Å². The zero-order valence-electron chi connectivity index (χ0n) is 17.4. The van der Waals surface area contributed by atoms with Crippen LogP contribution in [0.1, 0.15) is 21.5 Å². The Hall–Kier alpha value is -1.48. The fourth-order valence-corrected chi connectivity index (χ4v) is 5.71. The number of carboxylic acids is 1. The molecule has 0 aliphatic carbocycles. The fraction of sp³-hybridized carbons (Fsp3) is 0.174. The van der Waals surface area contributed by atoms with Crippen molar-refractivity contribution in [2.45, 2.75) is 28.5 Å². The molecule has 0 saturated heterocycles. The van der Waals surface area contributed by atoms with Gasteiger partial charge in [-0.15, -0.1) is 11.8 Å². The van der Waals surface area contributed by atoms with E-state index >= 15 is 0 Å². The first-order valence-corrected chi connectivity index (χ1v) is 12.9. The van der Waals surface area contributed by atoms with E-state index in [0.29, 0.717) is 15.6 Å². The zero-order valence-corrected chi connectivity index (χ0v) is 21.3. The van der Waals surface area contributed by atoms with Crippen LogP contribution in [0, 0.1) is 13.8 Å². The summed E-state index contributed by atoms with van der Waals surface area (Å²) in [4.78, 5) is 14.2. The Kier molecular flexibility index (Phi) is 9.52. The van der Waals surface area contributed by atoms with Gasteiger partial charge in [0.1, 0.15) is 5.75 Å². The normalized spacial score (nSPS) is 10.9. The van der Waals surface area contributed by atoms with Crippen LogP contribution in [-0.4, -0.2) is 23.4 Å². The average Bonchev–Trinajstić information content (AvgIpc) is 2.74. The van der Waals surface area contributed by atoms with Gasteiger partial charge in [-0.2, -0.15) is 0 Å². The summed E-state index contributed by atoms with van der Waals surface area (Å²) in [5, 5.41) is 10.5. The molecule has 2 N–H and O–H groups in total. The molecule has 3 aromatic rings. The highest BCUT2D eigenvalue weighted by Crippen LogP contribution is 2.30. The molecule has 0 aromatic heterocycles. The highest BCUT2D eigenvalue weighted by Gasteiger charge is 2.11. The molecule has 9 heteroatoms. The molecule has 0 amide bonds. The Morgan fingerprint density at radius 1 is 0.969 bits per heavy atom. The molecule has 0 heterocycles. The minimum absolute atomic E-state index is 0.350. The van der Waals surface area contributed by atoms with Gasteiger partial charge in [0.25, 0.3) is 0 Å². The summed E-state index contributed by atoms with van der Waals surface area (Å²) in [7, 11) is 0. The number of nitrogens with one attached hydrogen (secondary N) is 1. The van der Waals surface area contributed by atoms with Crippen molar-refractivity contribution in [1.29, 1.82) is 0 Å². The van der Waals surface area contributed by atoms with Gasteiger partial charge < -0.3 is 9.29 Å². The molecule has 3 rings (SSSR count). The minimum atomic E-state index is -0.897. The molecule has 0 radical (unpaired) electrons. The van der Waals surface area contributed by atoms with Crippen LogP contribution in [0.5, 0.6) is 5.75 Å². The van der Waals surface area contributed by atoms with Crippen LogP contribution < -0.4 is 8.91 Å². The van der Waals surface area contributed by atoms with Crippen LogP contribution in [0.25, 0.3) is 0 Å². The van der Waals surface area contributed by atoms with Gasteiger partial charge in [0.2, 0.25) is 0 Å². The second kappa shape index (κ2) is 12.1. The van der Waals surface area contributed by atoms with E-state index in [9.17, 15) is 9.90 Å². The van der Waals surface area contributed by atoms with Gasteiger partial charge in [0.05, 0.1) is 22.5 Å². The lowest BCUT2D eigenvalue weighted by Crippen LogP contribution is -2.08. The summed E-state index contributed by atoms with van der Waals surface area (Å²) in [6.45, 7) is 4.53. The lowest BCUT2D eigenvalue weighted by atomic mass is 10.0. The molecule has 3 aromatic carbocycles. The van der Waals surface area contributed by atoms with Gasteiger partial charge in [0, 0.05) is 32.1 Å². The van der Waals surface area contributed by atoms with Crippen molar-refractivity contribution in [3.8, 4) is 5.75 Å². The Morgan fingerprint density at radius 2 is 1.66 bits per heavy atom. The number of aryl methyl sites for hydroxylation is 1. The van der Waals surface area contributed by atoms with Crippen molar-refractivity contribution >= 4 is 64.9 Å². The Labute approximate surface area is 210 Å². The Balaban J connectivity index is 1.41. The van der Waals surface area contributed by atoms with Crippen molar-refractivity contribution < 1.29 is 14.1 Å². The summed E-state index contributed by atoms with van der Waals surface area (Å²) >= 11 is 16.4. The molecule has 32 heavy (non-hydrogen) atoms. The standard InChI is InChI=1S/C23H21Cl2NO3S3/c1-14-9-20(13-22(15(14)2)23(27)28)31-26-7-8-30-19-5-3-18(4-6-19)29-32-21-11-16(24)10-17(25)12-21/h3-6,9-13,26H,7-8H2,1-2H3,(H,27,28). The number of aromatic carboxylic acids is 1. The quantitative estimate of drug-likeness (QED) is 0.121. The van der Waals surface area contributed by atoms with Crippen molar-refractivity contribution in [2.24, 2.45) is 0 Å². The van der Waals surface area contributed by atoms with Gasteiger partial charge in [-0.25, -0.2) is 4.79 Å². The highest BCUT2D eigenvalue weighted by atomic mass is 35.5. The van der Waals surface area contributed by atoms with Gasteiger partial charge >= 0.3 is 5.97 Å². The molecular formula is C23H21Cl2NO3S3. The summed E-state index contributed by atoms with van der Waals surface area (Å²) in [6.07, 6.45) is 0. The smallest absolute Gasteiger partial charge is 0.336 e. The molecular weight excluding hydrogens is 505 g/mol. The van der Waals surface area contributed by atoms with Crippen LogP contribution >= 0.6 is 59.0 Å². The summed E-state index contributed by atoms with van der Waals surface area (Å²) in [5.41, 5.74) is 2.13. The predicted octanol–water partition coefficient (Wildman–Crippen LogP) is 7.78. The number of halogens is 2. The van der Waals surface area contributed by atoms with Crippen LogP contribution in [-0.2, 0) is 0 Å². The Bertz CT molecular complexity index is 1070. The van der Waals surface area contributed by atoms with Crippen LogP contribution in [0.3, 0.4) is 0 Å². The predicted molar refractivity (Wildman–Crippen MR) is 137 cm³/mol. The second-order valence-corrected chi connectivity index (χ2v) is 10.6. The monoisotopic (exact) mass is 525 g/mol. The maximum Gasteiger partial charge on any atom is 0.336 e. The molecule has 4 nitrogen and oxygen atoms in total. The minimum Gasteiger partial charge on any atom is -0.478 e. The fourth-order valence-electron chi connectivity index (χ4n) is 2.72. The molecule has 0 spiro atoms. The lowest BCUT2D eigenvalue weighted by Gasteiger charge is -2.10. The lowest BCUT2D eigenvalue weighted by molar-refractivity contribution is 0.0695. The summed E-state index contributed by atoms with van der Waals surface area (Å²) < 4.78 is 9.02. The highest BCUT2D eigenvalue weighted by molar-refractivity contribution is 7.99. The van der Waals surface area contributed by atoms with E-state index in [4.69, 9.17) is 27.4 Å². The van der Waals surface area contributed by atoms with Crippen LogP contribution in [0.4, 0.5) is 0 Å². The van der Waals surface area contributed by atoms with E-state index in [-0.39, 0.29) is 0 Å². The third-order valence-electron chi connectivity index (χ3n) is 4.43. The van der Waals surface area contributed by atoms with Crippen LogP contribution in [0.2, 0.25) is 10.0 Å². The second-order valence-electron chi connectivity index (χ2n) is 6.81. The van der Waals surface area contributed by atoms with E-state index in [1.54, 1.807) is 36.0 Å². The maximum atomic E-state index is 11.4. The molecule has 168 valence electrons. The Morgan fingerprint density at radius 3 is 2.31 bits per heavy atom. The van der Waals surface area contributed by atoms with E-state index < -0.39 is 5.97 Å². The summed E-state index contributed by atoms with van der Waals surface area (Å²) in [6, 6.07) is 16.9. The SMILES string of the molecule is Cc1cc(SNCCSc2ccc(OSc3cc(Cl)cc(Cl)c3)cc2)cc(C(=O)O)c1C. The van der Waals surface area contributed by atoms with E-state index in [1.165, 1.54) is 24.0 Å². The molecule has 0 saturated carbocycles. The van der Waals surface area contributed by atoms with Gasteiger partial charge in [-0.1, -0.05) is 23.2 Å². The van der Waals surface area contributed by atoms with Crippen molar-refractivity contribution in [1.82, 2.24) is 4.72 Å². The van der Waals surface area contributed by atoms with E-state index in [1.807, 2.05) is 44.2 Å². The number of hydrogen-bond donors (Lipinski definition) is 2. The number of benzene rings is 3. The molecule has 0 aliphatic rings. The van der Waals surface area contributed by atoms with E-state index in [0.717, 1.165) is 43.9 Å². The maximum absolute atomic E-state index is 11.4. The van der Waals surface area contributed by atoms with Gasteiger partial charge in [0.15, 0.2) is 0 Å².